The molecule has 10 heteroatoms. The number of rotatable bonds is 33. The number of aliphatic hydroxyl groups is 6. The van der Waals surface area contributed by atoms with Crippen molar-refractivity contribution in [2.45, 2.75) is 230 Å². The molecule has 8 atom stereocenters. The monoisotopic (exact) mass is 704 g/mol. The predicted molar refractivity (Wildman–Crippen MR) is 195 cm³/mol. The summed E-state index contributed by atoms with van der Waals surface area (Å²) in [4.78, 5) is 12.9. The number of hydrogen-bond acceptors (Lipinski definition) is 9. The second kappa shape index (κ2) is 30.7. The fraction of sp³-hybridized carbons (Fsp3) is 0.974. The molecule has 0 radical (unpaired) electrons. The molecular formula is C39H77NO9. The summed E-state index contributed by atoms with van der Waals surface area (Å²) in [5, 5.41) is 64.8. The molecule has 0 bridgehead atoms. The Morgan fingerprint density at radius 2 is 1.06 bits per heavy atom. The second-order valence-electron chi connectivity index (χ2n) is 14.6. The van der Waals surface area contributed by atoms with E-state index >= 15 is 0 Å². The van der Waals surface area contributed by atoms with Crippen LogP contribution in [0.2, 0.25) is 0 Å². The number of carbonyl (C=O) groups is 1. The first kappa shape index (κ1) is 46.2. The molecule has 292 valence electrons. The summed E-state index contributed by atoms with van der Waals surface area (Å²) in [6.07, 6.45) is 19.7. The fourth-order valence-corrected chi connectivity index (χ4v) is 6.67. The fourth-order valence-electron chi connectivity index (χ4n) is 6.67. The highest BCUT2D eigenvalue weighted by molar-refractivity contribution is 5.76. The van der Waals surface area contributed by atoms with E-state index in [1.54, 1.807) is 0 Å². The van der Waals surface area contributed by atoms with Gasteiger partial charge in [-0.3, -0.25) is 4.79 Å². The molecule has 10 nitrogen and oxygen atoms in total. The first-order valence-corrected chi connectivity index (χ1v) is 20.3. The zero-order valence-electron chi connectivity index (χ0n) is 31.3. The Hall–Kier alpha value is -0.850. The van der Waals surface area contributed by atoms with E-state index in [2.05, 4.69) is 19.2 Å². The predicted octanol–water partition coefficient (Wildman–Crippen LogP) is 6.19. The minimum Gasteiger partial charge on any atom is -0.394 e. The molecular weight excluding hydrogens is 626 g/mol. The SMILES string of the molecule is CCCCCCCCCCCCCCCCC(=O)N[C@@H](CO[C@@H]1O[C@H](CO)[C@H](O)C(O)C1O)[C@H](O)[C@H](O)CCCCCCCCCCCC. The molecule has 1 saturated heterocycles. The summed E-state index contributed by atoms with van der Waals surface area (Å²) in [6.45, 7) is 3.57. The summed E-state index contributed by atoms with van der Waals surface area (Å²) in [5.41, 5.74) is 0. The first-order chi connectivity index (χ1) is 23.8. The lowest BCUT2D eigenvalue weighted by atomic mass is 9.98. The van der Waals surface area contributed by atoms with Gasteiger partial charge in [-0.2, -0.15) is 0 Å². The third-order valence-electron chi connectivity index (χ3n) is 10.1. The zero-order valence-corrected chi connectivity index (χ0v) is 31.3. The van der Waals surface area contributed by atoms with Crippen LogP contribution in [0.4, 0.5) is 0 Å². The van der Waals surface area contributed by atoms with E-state index < -0.39 is 55.6 Å². The van der Waals surface area contributed by atoms with Crippen LogP contribution in [-0.4, -0.2) is 98.7 Å². The van der Waals surface area contributed by atoms with Crippen LogP contribution in [-0.2, 0) is 14.3 Å². The summed E-state index contributed by atoms with van der Waals surface area (Å²) < 4.78 is 11.1. The number of hydrogen-bond donors (Lipinski definition) is 7. The van der Waals surface area contributed by atoms with Crippen molar-refractivity contribution in [3.8, 4) is 0 Å². The standard InChI is InChI=1S/C39H77NO9/c1-3-5-7-9-11-13-15-16-17-18-20-22-24-26-28-34(43)40-31(30-48-39-38(47)37(46)36(45)33(29-41)49-39)35(44)32(42)27-25-23-21-19-14-12-10-8-6-4-2/h31-33,35-39,41-42,44-47H,3-30H2,1-2H3,(H,40,43)/t31-,32+,33+,35-,36-,37?,38?,39+/m0/s1. The number of nitrogens with one attached hydrogen (secondary N) is 1. The lowest BCUT2D eigenvalue weighted by molar-refractivity contribution is -0.303. The molecule has 7 N–H and O–H groups in total. The third-order valence-corrected chi connectivity index (χ3v) is 10.1. The van der Waals surface area contributed by atoms with E-state index in [1.807, 2.05) is 0 Å². The summed E-state index contributed by atoms with van der Waals surface area (Å²) >= 11 is 0. The lowest BCUT2D eigenvalue weighted by Crippen LogP contribution is -2.60. The van der Waals surface area contributed by atoms with Crippen LogP contribution in [0.25, 0.3) is 0 Å². The average molecular weight is 704 g/mol. The number of carbonyl (C=O) groups excluding carboxylic acids is 1. The molecule has 0 saturated carbocycles. The minimum absolute atomic E-state index is 0.258. The van der Waals surface area contributed by atoms with Crippen molar-refractivity contribution in [3.05, 3.63) is 0 Å². The number of ether oxygens (including phenoxy) is 2. The van der Waals surface area contributed by atoms with Crippen molar-refractivity contribution in [2.24, 2.45) is 0 Å². The van der Waals surface area contributed by atoms with Crippen LogP contribution in [0.1, 0.15) is 181 Å². The van der Waals surface area contributed by atoms with E-state index in [1.165, 1.54) is 103 Å². The molecule has 1 heterocycles. The molecule has 0 aromatic carbocycles. The Balaban J connectivity index is 2.46. The van der Waals surface area contributed by atoms with E-state index in [0.717, 1.165) is 51.4 Å². The van der Waals surface area contributed by atoms with Gasteiger partial charge in [0.05, 0.1) is 25.4 Å². The maximum absolute atomic E-state index is 12.9. The maximum Gasteiger partial charge on any atom is 0.220 e. The number of unbranched alkanes of at least 4 members (excludes halogenated alkanes) is 22. The van der Waals surface area contributed by atoms with Gasteiger partial charge < -0.3 is 45.4 Å². The average Bonchev–Trinajstić information content (AvgIpc) is 3.10. The van der Waals surface area contributed by atoms with Crippen molar-refractivity contribution >= 4 is 5.91 Å². The molecule has 1 rings (SSSR count). The van der Waals surface area contributed by atoms with Gasteiger partial charge in [0.15, 0.2) is 6.29 Å². The highest BCUT2D eigenvalue weighted by Gasteiger charge is 2.44. The second-order valence-corrected chi connectivity index (χ2v) is 14.6. The Labute approximate surface area is 298 Å². The van der Waals surface area contributed by atoms with E-state index in [9.17, 15) is 35.4 Å². The number of aliphatic hydroxyl groups excluding tert-OH is 6. The Morgan fingerprint density at radius 1 is 0.633 bits per heavy atom. The van der Waals surface area contributed by atoms with Crippen LogP contribution in [0.15, 0.2) is 0 Å². The Bertz CT molecular complexity index is 758. The molecule has 1 amide bonds. The van der Waals surface area contributed by atoms with Crippen molar-refractivity contribution in [1.29, 1.82) is 0 Å². The van der Waals surface area contributed by atoms with Gasteiger partial charge in [0.25, 0.3) is 0 Å². The molecule has 0 aromatic heterocycles. The molecule has 49 heavy (non-hydrogen) atoms. The Morgan fingerprint density at radius 3 is 1.51 bits per heavy atom. The number of amides is 1. The zero-order chi connectivity index (χ0) is 36.1. The van der Waals surface area contributed by atoms with Gasteiger partial charge in [0.1, 0.15) is 30.5 Å². The minimum atomic E-state index is -1.60. The van der Waals surface area contributed by atoms with E-state index in [-0.39, 0.29) is 18.9 Å². The molecule has 0 aromatic rings. The quantitative estimate of drug-likeness (QED) is 0.0394. The molecule has 1 fully saturated rings. The molecule has 0 aliphatic carbocycles. The molecule has 1 aliphatic heterocycles. The van der Waals surface area contributed by atoms with Crippen molar-refractivity contribution < 1.29 is 44.9 Å². The summed E-state index contributed by atoms with van der Waals surface area (Å²) in [5.74, 6) is -0.258. The largest absolute Gasteiger partial charge is 0.394 e. The van der Waals surface area contributed by atoms with Crippen LogP contribution in [0.3, 0.4) is 0 Å². The van der Waals surface area contributed by atoms with Crippen molar-refractivity contribution in [1.82, 2.24) is 5.32 Å². The van der Waals surface area contributed by atoms with Crippen molar-refractivity contribution in [2.75, 3.05) is 13.2 Å². The van der Waals surface area contributed by atoms with Gasteiger partial charge in [-0.25, -0.2) is 0 Å². The highest BCUT2D eigenvalue weighted by atomic mass is 16.7. The van der Waals surface area contributed by atoms with Gasteiger partial charge in [0, 0.05) is 6.42 Å². The van der Waals surface area contributed by atoms with Gasteiger partial charge in [0.2, 0.25) is 5.91 Å². The smallest absolute Gasteiger partial charge is 0.220 e. The van der Waals surface area contributed by atoms with Gasteiger partial charge in [-0.05, 0) is 12.8 Å². The first-order valence-electron chi connectivity index (χ1n) is 20.3. The summed E-state index contributed by atoms with van der Waals surface area (Å²) in [6, 6.07) is -0.982. The van der Waals surface area contributed by atoms with Crippen LogP contribution >= 0.6 is 0 Å². The third kappa shape index (κ3) is 22.0. The molecule has 1 aliphatic rings. The van der Waals surface area contributed by atoms with Crippen LogP contribution < -0.4 is 5.32 Å². The lowest BCUT2D eigenvalue weighted by Gasteiger charge is -2.40. The Kier molecular flexibility index (Phi) is 29.0. The highest BCUT2D eigenvalue weighted by Crippen LogP contribution is 2.23. The van der Waals surface area contributed by atoms with Gasteiger partial charge in [-0.1, -0.05) is 162 Å². The molecule has 2 unspecified atom stereocenters. The van der Waals surface area contributed by atoms with Crippen LogP contribution in [0.5, 0.6) is 0 Å². The maximum atomic E-state index is 12.9. The van der Waals surface area contributed by atoms with Crippen molar-refractivity contribution in [3.63, 3.8) is 0 Å². The van der Waals surface area contributed by atoms with Crippen LogP contribution in [0, 0.1) is 0 Å². The van der Waals surface area contributed by atoms with E-state index in [0.29, 0.717) is 6.42 Å². The van der Waals surface area contributed by atoms with Gasteiger partial charge >= 0.3 is 0 Å². The van der Waals surface area contributed by atoms with E-state index in [4.69, 9.17) is 9.47 Å². The molecule has 0 spiro atoms. The van der Waals surface area contributed by atoms with Gasteiger partial charge in [-0.15, -0.1) is 0 Å². The topological polar surface area (TPSA) is 169 Å². The summed E-state index contributed by atoms with van der Waals surface area (Å²) in [7, 11) is 0. The normalized spacial score (nSPS) is 23.0.